The Morgan fingerprint density at radius 2 is 1.96 bits per heavy atom. The predicted octanol–water partition coefficient (Wildman–Crippen LogP) is 1.63. The Morgan fingerprint density at radius 1 is 1.20 bits per heavy atom. The summed E-state index contributed by atoms with van der Waals surface area (Å²) in [7, 11) is -3.39. The number of nitrogens with one attached hydrogen (secondary N) is 1. The Hall–Kier alpha value is -1.29. The summed E-state index contributed by atoms with van der Waals surface area (Å²) in [5.74, 6) is 2.30. The monoisotopic (exact) mass is 381 g/mol. The Balaban J connectivity index is 1.50. The minimum absolute atomic E-state index is 0.288. The zero-order valence-electron chi connectivity index (χ0n) is 14.5. The molecule has 2 aromatic rings. The molecule has 136 valence electrons. The van der Waals surface area contributed by atoms with Crippen LogP contribution in [-0.4, -0.2) is 47.1 Å². The van der Waals surface area contributed by atoms with E-state index in [9.17, 15) is 8.42 Å². The van der Waals surface area contributed by atoms with Crippen LogP contribution in [0.15, 0.2) is 11.0 Å². The fraction of sp³-hybridized carbons (Fsp3) is 0.625. The largest absolute Gasteiger partial charge is 0.312 e. The Morgan fingerprint density at radius 3 is 2.64 bits per heavy atom. The molecule has 0 saturated carbocycles. The van der Waals surface area contributed by atoms with Crippen LogP contribution in [0.3, 0.4) is 0 Å². The first-order chi connectivity index (χ1) is 12.0. The summed E-state index contributed by atoms with van der Waals surface area (Å²) >= 11 is 1.54. The van der Waals surface area contributed by atoms with Crippen molar-refractivity contribution in [2.24, 2.45) is 0 Å². The second-order valence-corrected chi connectivity index (χ2v) is 10.1. The molecule has 0 unspecified atom stereocenters. The molecule has 0 amide bonds. The summed E-state index contributed by atoms with van der Waals surface area (Å²) in [6.07, 6.45) is 1.60. The summed E-state index contributed by atoms with van der Waals surface area (Å²) in [4.78, 5) is 2.38. The lowest BCUT2D eigenvalue weighted by Gasteiger charge is -2.31. The molecule has 0 spiro atoms. The van der Waals surface area contributed by atoms with Crippen LogP contribution in [0.2, 0.25) is 0 Å². The molecule has 4 rings (SSSR count). The zero-order chi connectivity index (χ0) is 17.6. The average Bonchev–Trinajstić information content (AvgIpc) is 3.18. The molecule has 4 heterocycles. The summed E-state index contributed by atoms with van der Waals surface area (Å²) < 4.78 is 29.7. The minimum atomic E-state index is -3.39. The van der Waals surface area contributed by atoms with E-state index < -0.39 is 10.0 Å². The van der Waals surface area contributed by atoms with Gasteiger partial charge in [0.15, 0.2) is 0 Å². The van der Waals surface area contributed by atoms with Crippen molar-refractivity contribution in [2.75, 3.05) is 19.6 Å². The van der Waals surface area contributed by atoms with Gasteiger partial charge in [0.25, 0.3) is 0 Å². The molecule has 9 heteroatoms. The predicted molar refractivity (Wildman–Crippen MR) is 96.3 cm³/mol. The van der Waals surface area contributed by atoms with Crippen molar-refractivity contribution in [1.29, 1.82) is 0 Å². The third-order valence-electron chi connectivity index (χ3n) is 5.08. The molecule has 1 saturated heterocycles. The normalized spacial score (nSPS) is 19.9. The van der Waals surface area contributed by atoms with Gasteiger partial charge >= 0.3 is 0 Å². The number of aryl methyl sites for hydroxylation is 2. The van der Waals surface area contributed by atoms with Crippen LogP contribution in [-0.2, 0) is 23.1 Å². The first-order valence-electron chi connectivity index (χ1n) is 8.66. The third kappa shape index (κ3) is 3.03. The summed E-state index contributed by atoms with van der Waals surface area (Å²) in [6, 6.07) is 1.79. The SMILES string of the molecule is Cc1cc(S(=O)(=O)N2CCC(c3nnc4n3CCNC4)CC2)c(C)s1. The third-order valence-corrected chi connectivity index (χ3v) is 8.20. The van der Waals surface area contributed by atoms with Crippen LogP contribution in [0.25, 0.3) is 0 Å². The van der Waals surface area contributed by atoms with E-state index in [0.717, 1.165) is 53.9 Å². The average molecular weight is 382 g/mol. The molecule has 1 fully saturated rings. The molecule has 1 N–H and O–H groups in total. The van der Waals surface area contributed by atoms with Gasteiger partial charge in [-0.05, 0) is 32.8 Å². The number of aromatic nitrogens is 3. The summed E-state index contributed by atoms with van der Waals surface area (Å²) in [5.41, 5.74) is 0. The number of fused-ring (bicyclic) bond motifs is 1. The van der Waals surface area contributed by atoms with Gasteiger partial charge in [0, 0.05) is 41.9 Å². The van der Waals surface area contributed by atoms with Crippen LogP contribution < -0.4 is 5.32 Å². The van der Waals surface area contributed by atoms with E-state index in [0.29, 0.717) is 18.0 Å². The molecule has 2 aliphatic rings. The highest BCUT2D eigenvalue weighted by molar-refractivity contribution is 7.89. The van der Waals surface area contributed by atoms with Crippen LogP contribution >= 0.6 is 11.3 Å². The Labute approximate surface area is 152 Å². The highest BCUT2D eigenvalue weighted by atomic mass is 32.2. The number of hydrogen-bond donors (Lipinski definition) is 1. The lowest BCUT2D eigenvalue weighted by atomic mass is 9.97. The number of hydrogen-bond acceptors (Lipinski definition) is 6. The number of sulfonamides is 1. The van der Waals surface area contributed by atoms with Crippen molar-refractivity contribution in [3.05, 3.63) is 27.5 Å². The van der Waals surface area contributed by atoms with Crippen LogP contribution in [0.5, 0.6) is 0 Å². The van der Waals surface area contributed by atoms with Gasteiger partial charge in [-0.3, -0.25) is 0 Å². The van der Waals surface area contributed by atoms with E-state index in [1.54, 1.807) is 21.7 Å². The van der Waals surface area contributed by atoms with Crippen molar-refractivity contribution in [2.45, 2.75) is 50.6 Å². The van der Waals surface area contributed by atoms with Crippen LogP contribution in [0, 0.1) is 13.8 Å². The fourth-order valence-corrected chi connectivity index (χ4v) is 6.77. The van der Waals surface area contributed by atoms with Crippen molar-refractivity contribution >= 4 is 21.4 Å². The molecular weight excluding hydrogens is 358 g/mol. The van der Waals surface area contributed by atoms with Gasteiger partial charge in [-0.15, -0.1) is 21.5 Å². The van der Waals surface area contributed by atoms with E-state index in [1.807, 2.05) is 13.8 Å². The fourth-order valence-electron chi connectivity index (χ4n) is 3.77. The maximum absolute atomic E-state index is 12.9. The lowest BCUT2D eigenvalue weighted by molar-refractivity contribution is 0.307. The second-order valence-electron chi connectivity index (χ2n) is 6.76. The molecule has 2 aromatic heterocycles. The number of piperidine rings is 1. The molecule has 25 heavy (non-hydrogen) atoms. The smallest absolute Gasteiger partial charge is 0.244 e. The first kappa shape index (κ1) is 17.1. The summed E-state index contributed by atoms with van der Waals surface area (Å²) in [5, 5.41) is 12.0. The number of rotatable bonds is 3. The topological polar surface area (TPSA) is 80.1 Å². The van der Waals surface area contributed by atoms with Gasteiger partial charge in [0.1, 0.15) is 11.6 Å². The second kappa shape index (κ2) is 6.46. The van der Waals surface area contributed by atoms with Gasteiger partial charge in [0.2, 0.25) is 10.0 Å². The molecule has 0 radical (unpaired) electrons. The Kier molecular flexibility index (Phi) is 4.43. The van der Waals surface area contributed by atoms with Crippen LogP contribution in [0.1, 0.15) is 40.2 Å². The molecule has 0 atom stereocenters. The highest BCUT2D eigenvalue weighted by Crippen LogP contribution is 2.33. The van der Waals surface area contributed by atoms with Gasteiger partial charge in [0.05, 0.1) is 11.4 Å². The standard InChI is InChI=1S/C16H23N5O2S2/c1-11-9-14(12(2)24-11)25(22,23)20-6-3-13(4-7-20)16-19-18-15-10-17-5-8-21(15)16/h9,13,17H,3-8,10H2,1-2H3. The van der Waals surface area contributed by atoms with E-state index in [1.165, 1.54) is 0 Å². The minimum Gasteiger partial charge on any atom is -0.312 e. The zero-order valence-corrected chi connectivity index (χ0v) is 16.2. The summed E-state index contributed by atoms with van der Waals surface area (Å²) in [6.45, 7) is 7.51. The molecule has 0 aliphatic carbocycles. The molecular formula is C16H23N5O2S2. The van der Waals surface area contributed by atoms with Gasteiger partial charge < -0.3 is 9.88 Å². The highest BCUT2D eigenvalue weighted by Gasteiger charge is 2.33. The van der Waals surface area contributed by atoms with E-state index in [4.69, 9.17) is 0 Å². The van der Waals surface area contributed by atoms with E-state index in [-0.39, 0.29) is 5.92 Å². The van der Waals surface area contributed by atoms with Crippen molar-refractivity contribution < 1.29 is 8.42 Å². The maximum Gasteiger partial charge on any atom is 0.244 e. The number of thiophene rings is 1. The quantitative estimate of drug-likeness (QED) is 0.874. The molecule has 7 nitrogen and oxygen atoms in total. The van der Waals surface area contributed by atoms with E-state index >= 15 is 0 Å². The van der Waals surface area contributed by atoms with E-state index in [2.05, 4.69) is 20.1 Å². The van der Waals surface area contributed by atoms with Crippen LogP contribution in [0.4, 0.5) is 0 Å². The lowest BCUT2D eigenvalue weighted by Crippen LogP contribution is -2.39. The molecule has 0 aromatic carbocycles. The first-order valence-corrected chi connectivity index (χ1v) is 10.9. The number of nitrogens with zero attached hydrogens (tertiary/aromatic N) is 4. The van der Waals surface area contributed by atoms with Gasteiger partial charge in [-0.25, -0.2) is 8.42 Å². The maximum atomic E-state index is 12.9. The van der Waals surface area contributed by atoms with Gasteiger partial charge in [-0.1, -0.05) is 0 Å². The van der Waals surface area contributed by atoms with Gasteiger partial charge in [-0.2, -0.15) is 4.31 Å². The molecule has 0 bridgehead atoms. The molecule has 2 aliphatic heterocycles. The Bertz CT molecular complexity index is 878. The van der Waals surface area contributed by atoms with Crippen molar-refractivity contribution in [3.8, 4) is 0 Å². The van der Waals surface area contributed by atoms with Crippen molar-refractivity contribution in [3.63, 3.8) is 0 Å². The van der Waals surface area contributed by atoms with Crippen molar-refractivity contribution in [1.82, 2.24) is 24.4 Å².